The number of fused-ring (bicyclic) bond motifs is 2. The molecule has 0 bridgehead atoms. The first-order valence-corrected chi connectivity index (χ1v) is 10.6. The summed E-state index contributed by atoms with van der Waals surface area (Å²) in [5.41, 5.74) is 8.56. The van der Waals surface area contributed by atoms with Gasteiger partial charge in [0.15, 0.2) is 5.65 Å². The van der Waals surface area contributed by atoms with E-state index in [1.54, 1.807) is 12.1 Å². The smallest absolute Gasteiger partial charge is 0.387 e. The molecule has 4 aromatic rings. The number of nitrogens with two attached hydrogens (primary N) is 1. The van der Waals surface area contributed by atoms with Gasteiger partial charge in [-0.25, -0.2) is 14.6 Å². The molecule has 0 spiro atoms. The average molecular weight is 438 g/mol. The molecule has 1 fully saturated rings. The van der Waals surface area contributed by atoms with Gasteiger partial charge in [0.1, 0.15) is 23.6 Å². The maximum Gasteiger partial charge on any atom is 0.387 e. The molecule has 1 saturated heterocycles. The second-order valence-electron chi connectivity index (χ2n) is 8.34. The molecule has 1 aliphatic heterocycles. The van der Waals surface area contributed by atoms with Crippen LogP contribution in [-0.2, 0) is 6.54 Å². The third-order valence-electron chi connectivity index (χ3n) is 6.14. The summed E-state index contributed by atoms with van der Waals surface area (Å²) in [4.78, 5) is 11.0. The van der Waals surface area contributed by atoms with E-state index < -0.39 is 6.61 Å². The number of hydrogen-bond donors (Lipinski definition) is 1. The number of ether oxygens (including phenoxy) is 1. The van der Waals surface area contributed by atoms with E-state index in [4.69, 9.17) is 10.8 Å². The number of halogens is 2. The van der Waals surface area contributed by atoms with Gasteiger partial charge in [-0.1, -0.05) is 18.2 Å². The van der Waals surface area contributed by atoms with Crippen LogP contribution >= 0.6 is 0 Å². The van der Waals surface area contributed by atoms with Crippen LogP contribution in [-0.4, -0.2) is 51.4 Å². The predicted molar refractivity (Wildman–Crippen MR) is 120 cm³/mol. The fourth-order valence-corrected chi connectivity index (χ4v) is 4.40. The summed E-state index contributed by atoms with van der Waals surface area (Å²) >= 11 is 0. The standard InChI is InChI=1S/C23H24F2N6O/c1-30-8-6-14(7-9-30)12-31-22-19(21(26)27-13-28-22)20(29-31)17-3-2-16-11-18(32-23(24)25)5-4-15(16)10-17/h2-5,10-11,13-14,23H,6-9,12H2,1H3,(H2,26,27,28). The zero-order valence-corrected chi connectivity index (χ0v) is 17.7. The molecule has 7 nitrogen and oxygen atoms in total. The molecule has 5 rings (SSSR count). The lowest BCUT2D eigenvalue weighted by Crippen LogP contribution is -2.32. The highest BCUT2D eigenvalue weighted by Crippen LogP contribution is 2.33. The van der Waals surface area contributed by atoms with Crippen molar-refractivity contribution >= 4 is 27.6 Å². The van der Waals surface area contributed by atoms with Crippen LogP contribution in [0.1, 0.15) is 12.8 Å². The first kappa shape index (κ1) is 20.6. The molecule has 1 aliphatic rings. The second kappa shape index (κ2) is 8.31. The summed E-state index contributed by atoms with van der Waals surface area (Å²) in [5.74, 6) is 1.05. The summed E-state index contributed by atoms with van der Waals surface area (Å²) in [6, 6.07) is 10.6. The predicted octanol–water partition coefficient (Wildman–Crippen LogP) is 4.17. The maximum absolute atomic E-state index is 12.5. The highest BCUT2D eigenvalue weighted by Gasteiger charge is 2.22. The Hall–Kier alpha value is -3.33. The Bertz CT molecular complexity index is 1270. The Morgan fingerprint density at radius 2 is 1.84 bits per heavy atom. The third kappa shape index (κ3) is 3.95. The lowest BCUT2D eigenvalue weighted by Gasteiger charge is -2.28. The molecule has 32 heavy (non-hydrogen) atoms. The van der Waals surface area contributed by atoms with Gasteiger partial charge in [0.05, 0.1) is 5.39 Å². The number of anilines is 1. The van der Waals surface area contributed by atoms with Gasteiger partial charge in [-0.05, 0) is 67.9 Å². The number of likely N-dealkylation sites (tertiary alicyclic amines) is 1. The topological polar surface area (TPSA) is 82.1 Å². The molecular weight excluding hydrogens is 414 g/mol. The minimum atomic E-state index is -2.85. The molecule has 0 atom stereocenters. The molecule has 2 aromatic heterocycles. The lowest BCUT2D eigenvalue weighted by atomic mass is 9.97. The van der Waals surface area contributed by atoms with Crippen LogP contribution in [0.3, 0.4) is 0 Å². The van der Waals surface area contributed by atoms with Crippen molar-refractivity contribution in [3.63, 3.8) is 0 Å². The van der Waals surface area contributed by atoms with Gasteiger partial charge in [0.2, 0.25) is 0 Å². The molecule has 2 aromatic carbocycles. The van der Waals surface area contributed by atoms with Crippen molar-refractivity contribution in [1.29, 1.82) is 0 Å². The van der Waals surface area contributed by atoms with Crippen LogP contribution < -0.4 is 10.5 Å². The molecule has 0 aliphatic carbocycles. The molecular formula is C23H24F2N6O. The maximum atomic E-state index is 12.5. The fraction of sp³-hybridized carbons (Fsp3) is 0.348. The monoisotopic (exact) mass is 438 g/mol. The number of aromatic nitrogens is 4. The van der Waals surface area contributed by atoms with E-state index in [0.717, 1.165) is 65.5 Å². The van der Waals surface area contributed by atoms with Gasteiger partial charge in [-0.3, -0.25) is 0 Å². The summed E-state index contributed by atoms with van der Waals surface area (Å²) in [7, 11) is 2.15. The Morgan fingerprint density at radius 1 is 1.09 bits per heavy atom. The van der Waals surface area contributed by atoms with Crippen molar-refractivity contribution in [2.45, 2.75) is 26.0 Å². The number of hydrogen-bond acceptors (Lipinski definition) is 6. The van der Waals surface area contributed by atoms with Gasteiger partial charge in [0.25, 0.3) is 0 Å². The largest absolute Gasteiger partial charge is 0.435 e. The van der Waals surface area contributed by atoms with Crippen LogP contribution in [0.15, 0.2) is 42.7 Å². The zero-order chi connectivity index (χ0) is 22.2. The highest BCUT2D eigenvalue weighted by molar-refractivity contribution is 6.00. The van der Waals surface area contributed by atoms with E-state index >= 15 is 0 Å². The van der Waals surface area contributed by atoms with Crippen LogP contribution in [0.5, 0.6) is 5.75 Å². The van der Waals surface area contributed by atoms with Crippen molar-refractivity contribution < 1.29 is 13.5 Å². The molecule has 0 saturated carbocycles. The molecule has 0 amide bonds. The van der Waals surface area contributed by atoms with Gasteiger partial charge in [-0.15, -0.1) is 0 Å². The number of nitrogen functional groups attached to an aromatic ring is 1. The summed E-state index contributed by atoms with van der Waals surface area (Å²) in [5, 5.41) is 7.31. The zero-order valence-electron chi connectivity index (χ0n) is 17.7. The van der Waals surface area contributed by atoms with E-state index in [1.807, 2.05) is 22.9 Å². The molecule has 9 heteroatoms. The van der Waals surface area contributed by atoms with Gasteiger partial charge in [-0.2, -0.15) is 13.9 Å². The van der Waals surface area contributed by atoms with Crippen molar-refractivity contribution in [1.82, 2.24) is 24.6 Å². The van der Waals surface area contributed by atoms with Crippen molar-refractivity contribution in [3.8, 4) is 17.0 Å². The minimum absolute atomic E-state index is 0.130. The number of benzene rings is 2. The van der Waals surface area contributed by atoms with E-state index in [-0.39, 0.29) is 5.75 Å². The van der Waals surface area contributed by atoms with Gasteiger partial charge in [0, 0.05) is 12.1 Å². The third-order valence-corrected chi connectivity index (χ3v) is 6.14. The van der Waals surface area contributed by atoms with E-state index in [2.05, 4.69) is 26.7 Å². The minimum Gasteiger partial charge on any atom is -0.435 e. The van der Waals surface area contributed by atoms with Crippen molar-refractivity contribution in [2.75, 3.05) is 25.9 Å². The molecule has 166 valence electrons. The number of piperidine rings is 1. The van der Waals surface area contributed by atoms with Crippen LogP contribution in [0.4, 0.5) is 14.6 Å². The first-order chi connectivity index (χ1) is 15.5. The average Bonchev–Trinajstić information content (AvgIpc) is 3.14. The van der Waals surface area contributed by atoms with E-state index in [1.165, 1.54) is 12.4 Å². The Kier molecular flexibility index (Phi) is 5.34. The van der Waals surface area contributed by atoms with Crippen molar-refractivity contribution in [3.05, 3.63) is 42.7 Å². The summed E-state index contributed by atoms with van der Waals surface area (Å²) in [6.07, 6.45) is 3.71. The summed E-state index contributed by atoms with van der Waals surface area (Å²) in [6.45, 7) is 0.0865. The van der Waals surface area contributed by atoms with E-state index in [0.29, 0.717) is 11.7 Å². The van der Waals surface area contributed by atoms with Gasteiger partial charge >= 0.3 is 6.61 Å². The quantitative estimate of drug-likeness (QED) is 0.504. The summed E-state index contributed by atoms with van der Waals surface area (Å²) < 4.78 is 31.5. The SMILES string of the molecule is CN1CCC(Cn2nc(-c3ccc4cc(OC(F)F)ccc4c3)c3c(N)ncnc32)CC1. The lowest BCUT2D eigenvalue weighted by molar-refractivity contribution is -0.0497. The molecule has 2 N–H and O–H groups in total. The van der Waals surface area contributed by atoms with Crippen LogP contribution in [0.25, 0.3) is 33.1 Å². The van der Waals surface area contributed by atoms with Crippen LogP contribution in [0, 0.1) is 5.92 Å². The van der Waals surface area contributed by atoms with E-state index in [9.17, 15) is 8.78 Å². The molecule has 0 radical (unpaired) electrons. The molecule has 3 heterocycles. The number of nitrogens with zero attached hydrogens (tertiary/aromatic N) is 5. The Balaban J connectivity index is 1.54. The normalized spacial score (nSPS) is 15.8. The highest BCUT2D eigenvalue weighted by atomic mass is 19.3. The second-order valence-corrected chi connectivity index (χ2v) is 8.34. The Morgan fingerprint density at radius 3 is 2.62 bits per heavy atom. The van der Waals surface area contributed by atoms with Gasteiger partial charge < -0.3 is 15.4 Å². The Labute approximate surface area is 183 Å². The molecule has 0 unspecified atom stereocenters. The fourth-order valence-electron chi connectivity index (χ4n) is 4.40. The first-order valence-electron chi connectivity index (χ1n) is 10.6. The van der Waals surface area contributed by atoms with Crippen LogP contribution in [0.2, 0.25) is 0 Å². The number of alkyl halides is 2. The van der Waals surface area contributed by atoms with Crippen molar-refractivity contribution in [2.24, 2.45) is 5.92 Å². The number of rotatable bonds is 5.